The Balaban J connectivity index is 1.81. The molecule has 0 fully saturated rings. The summed E-state index contributed by atoms with van der Waals surface area (Å²) in [5.41, 5.74) is 1.69. The molecule has 0 heterocycles. The molecule has 2 rings (SSSR count). The lowest BCUT2D eigenvalue weighted by Crippen LogP contribution is -2.27. The molecule has 1 atom stereocenters. The number of methoxy groups -OCH3 is 2. The molecule has 2 N–H and O–H groups in total. The van der Waals surface area contributed by atoms with Crippen LogP contribution < -0.4 is 14.8 Å². The molecule has 1 unspecified atom stereocenters. The van der Waals surface area contributed by atoms with Crippen LogP contribution in [-0.4, -0.2) is 31.8 Å². The van der Waals surface area contributed by atoms with Crippen molar-refractivity contribution >= 4 is 5.91 Å². The molecule has 0 aromatic heterocycles. The summed E-state index contributed by atoms with van der Waals surface area (Å²) in [5, 5.41) is 12.9. The smallest absolute Gasteiger partial charge is 0.224 e. The molecule has 0 spiro atoms. The molecule has 0 aliphatic carbocycles. The number of rotatable bonds is 8. The third-order valence-corrected chi connectivity index (χ3v) is 3.74. The molecule has 0 saturated heterocycles. The largest absolute Gasteiger partial charge is 0.493 e. The van der Waals surface area contributed by atoms with E-state index in [0.717, 1.165) is 11.1 Å². The molecule has 0 bridgehead atoms. The van der Waals surface area contributed by atoms with E-state index in [4.69, 9.17) is 9.47 Å². The Morgan fingerprint density at radius 2 is 1.79 bits per heavy atom. The van der Waals surface area contributed by atoms with Gasteiger partial charge in [0.1, 0.15) is 0 Å². The van der Waals surface area contributed by atoms with Gasteiger partial charge in [-0.25, -0.2) is 0 Å². The number of aliphatic hydroxyl groups excluding tert-OH is 1. The fourth-order valence-electron chi connectivity index (χ4n) is 2.43. The van der Waals surface area contributed by atoms with Gasteiger partial charge in [0.2, 0.25) is 5.91 Å². The maximum absolute atomic E-state index is 12.0. The van der Waals surface area contributed by atoms with Crippen molar-refractivity contribution in [3.8, 4) is 11.5 Å². The minimum absolute atomic E-state index is 0.0949. The monoisotopic (exact) mass is 329 g/mol. The number of hydrogen-bond donors (Lipinski definition) is 2. The predicted octanol–water partition coefficient (Wildman–Crippen LogP) is 2.49. The second kappa shape index (κ2) is 8.93. The lowest BCUT2D eigenvalue weighted by Gasteiger charge is -2.12. The average molecular weight is 329 g/mol. The highest BCUT2D eigenvalue weighted by molar-refractivity contribution is 5.78. The number of ether oxygens (including phenoxy) is 2. The number of carbonyl (C=O) groups excluding carboxylic acids is 1. The van der Waals surface area contributed by atoms with Crippen molar-refractivity contribution in [3.05, 3.63) is 59.7 Å². The molecule has 0 saturated carbocycles. The third-order valence-electron chi connectivity index (χ3n) is 3.74. The molecule has 24 heavy (non-hydrogen) atoms. The van der Waals surface area contributed by atoms with Crippen molar-refractivity contribution in [1.82, 2.24) is 5.32 Å². The van der Waals surface area contributed by atoms with Gasteiger partial charge in [0.25, 0.3) is 0 Å². The van der Waals surface area contributed by atoms with E-state index in [2.05, 4.69) is 5.32 Å². The van der Waals surface area contributed by atoms with Crippen LogP contribution in [0.1, 0.15) is 23.7 Å². The van der Waals surface area contributed by atoms with Crippen molar-refractivity contribution in [2.45, 2.75) is 18.9 Å². The minimum Gasteiger partial charge on any atom is -0.493 e. The second-order valence-electron chi connectivity index (χ2n) is 5.43. The first kappa shape index (κ1) is 17.8. The van der Waals surface area contributed by atoms with Gasteiger partial charge >= 0.3 is 0 Å². The first-order valence-electron chi connectivity index (χ1n) is 7.84. The van der Waals surface area contributed by atoms with Crippen molar-refractivity contribution in [3.63, 3.8) is 0 Å². The van der Waals surface area contributed by atoms with Gasteiger partial charge < -0.3 is 19.9 Å². The Hall–Kier alpha value is -2.53. The number of hydrogen-bond acceptors (Lipinski definition) is 4. The van der Waals surface area contributed by atoms with Crippen LogP contribution >= 0.6 is 0 Å². The van der Waals surface area contributed by atoms with Crippen molar-refractivity contribution < 1.29 is 19.4 Å². The maximum Gasteiger partial charge on any atom is 0.224 e. The summed E-state index contributed by atoms with van der Waals surface area (Å²) >= 11 is 0. The van der Waals surface area contributed by atoms with E-state index in [-0.39, 0.29) is 12.3 Å². The Morgan fingerprint density at radius 3 is 2.46 bits per heavy atom. The molecule has 2 aromatic carbocycles. The number of carbonyl (C=O) groups is 1. The van der Waals surface area contributed by atoms with Gasteiger partial charge in [-0.05, 0) is 29.7 Å². The van der Waals surface area contributed by atoms with Crippen molar-refractivity contribution in [2.24, 2.45) is 0 Å². The van der Waals surface area contributed by atoms with Gasteiger partial charge in [-0.1, -0.05) is 36.4 Å². The van der Waals surface area contributed by atoms with Gasteiger partial charge in [0.05, 0.1) is 26.7 Å². The molecule has 5 nitrogen and oxygen atoms in total. The van der Waals surface area contributed by atoms with Crippen LogP contribution in [0, 0.1) is 0 Å². The van der Waals surface area contributed by atoms with Crippen LogP contribution in [0.5, 0.6) is 11.5 Å². The van der Waals surface area contributed by atoms with Gasteiger partial charge in [-0.3, -0.25) is 4.79 Å². The second-order valence-corrected chi connectivity index (χ2v) is 5.43. The van der Waals surface area contributed by atoms with Crippen LogP contribution in [0.25, 0.3) is 0 Å². The van der Waals surface area contributed by atoms with E-state index < -0.39 is 6.10 Å². The number of benzene rings is 2. The van der Waals surface area contributed by atoms with E-state index in [0.29, 0.717) is 24.5 Å². The lowest BCUT2D eigenvalue weighted by atomic mass is 10.1. The molecular weight excluding hydrogens is 306 g/mol. The zero-order chi connectivity index (χ0) is 17.4. The third kappa shape index (κ3) is 4.99. The summed E-state index contributed by atoms with van der Waals surface area (Å²) < 4.78 is 10.4. The van der Waals surface area contributed by atoms with E-state index in [1.807, 2.05) is 36.4 Å². The van der Waals surface area contributed by atoms with E-state index in [1.54, 1.807) is 26.4 Å². The molecule has 5 heteroatoms. The van der Waals surface area contributed by atoms with Crippen LogP contribution in [0.15, 0.2) is 48.5 Å². The zero-order valence-corrected chi connectivity index (χ0v) is 14.0. The van der Waals surface area contributed by atoms with Crippen LogP contribution in [-0.2, 0) is 11.2 Å². The molecule has 1 amide bonds. The van der Waals surface area contributed by atoms with E-state index in [1.165, 1.54) is 0 Å². The molecule has 0 aliphatic rings. The highest BCUT2D eigenvalue weighted by atomic mass is 16.5. The number of nitrogens with one attached hydrogen (secondary N) is 1. The standard InChI is InChI=1S/C19H23NO4/c1-23-17-9-8-14(12-18(17)24-2)13-19(22)20-11-10-16(21)15-6-4-3-5-7-15/h3-9,12,16,21H,10-11,13H2,1-2H3,(H,20,22). The maximum atomic E-state index is 12.0. The first-order chi connectivity index (χ1) is 11.6. The predicted molar refractivity (Wildman–Crippen MR) is 92.3 cm³/mol. The Labute approximate surface area is 142 Å². The summed E-state index contributed by atoms with van der Waals surface area (Å²) in [5.74, 6) is 1.14. The summed E-state index contributed by atoms with van der Waals surface area (Å²) in [6.45, 7) is 0.419. The Morgan fingerprint density at radius 1 is 1.08 bits per heavy atom. The first-order valence-corrected chi connectivity index (χ1v) is 7.84. The quantitative estimate of drug-likeness (QED) is 0.781. The van der Waals surface area contributed by atoms with Gasteiger partial charge in [-0.2, -0.15) is 0 Å². The van der Waals surface area contributed by atoms with Gasteiger partial charge in [0, 0.05) is 6.54 Å². The topological polar surface area (TPSA) is 67.8 Å². The highest BCUT2D eigenvalue weighted by Crippen LogP contribution is 2.27. The Kier molecular flexibility index (Phi) is 6.63. The Bertz CT molecular complexity index is 658. The molecule has 0 aliphatic heterocycles. The van der Waals surface area contributed by atoms with Crippen LogP contribution in [0.4, 0.5) is 0 Å². The molecule has 2 aromatic rings. The lowest BCUT2D eigenvalue weighted by molar-refractivity contribution is -0.120. The van der Waals surface area contributed by atoms with Crippen molar-refractivity contribution in [1.29, 1.82) is 0 Å². The van der Waals surface area contributed by atoms with Crippen LogP contribution in [0.3, 0.4) is 0 Å². The van der Waals surface area contributed by atoms with Crippen molar-refractivity contribution in [2.75, 3.05) is 20.8 Å². The van der Waals surface area contributed by atoms with Gasteiger partial charge in [0.15, 0.2) is 11.5 Å². The summed E-state index contributed by atoms with van der Waals surface area (Å²) in [7, 11) is 3.13. The average Bonchev–Trinajstić information content (AvgIpc) is 2.62. The minimum atomic E-state index is -0.576. The molecule has 0 radical (unpaired) electrons. The summed E-state index contributed by atoms with van der Waals surface area (Å²) in [4.78, 5) is 12.0. The summed E-state index contributed by atoms with van der Waals surface area (Å²) in [6.07, 6.45) is 0.149. The van der Waals surface area contributed by atoms with E-state index >= 15 is 0 Å². The normalized spacial score (nSPS) is 11.6. The number of aliphatic hydroxyl groups is 1. The molecule has 128 valence electrons. The van der Waals surface area contributed by atoms with Crippen LogP contribution in [0.2, 0.25) is 0 Å². The van der Waals surface area contributed by atoms with Gasteiger partial charge in [-0.15, -0.1) is 0 Å². The van der Waals surface area contributed by atoms with E-state index in [9.17, 15) is 9.90 Å². The summed E-state index contributed by atoms with van der Waals surface area (Å²) in [6, 6.07) is 14.8. The highest BCUT2D eigenvalue weighted by Gasteiger charge is 2.10. The zero-order valence-electron chi connectivity index (χ0n) is 14.0. The fraction of sp³-hybridized carbons (Fsp3) is 0.316. The number of amides is 1. The SMILES string of the molecule is COc1ccc(CC(=O)NCCC(O)c2ccccc2)cc1OC. The molecular formula is C19H23NO4. The fourth-order valence-corrected chi connectivity index (χ4v) is 2.43.